The molecular weight excluding hydrogens is 196 g/mol. The van der Waals surface area contributed by atoms with Crippen molar-refractivity contribution in [1.29, 1.82) is 0 Å². The minimum absolute atomic E-state index is 0.0624. The predicted molar refractivity (Wildman–Crippen MR) is 51.9 cm³/mol. The van der Waals surface area contributed by atoms with Crippen LogP contribution in [0, 0.1) is 0 Å². The van der Waals surface area contributed by atoms with Crippen LogP contribution in [0.15, 0.2) is 0 Å². The second kappa shape index (κ2) is 3.64. The number of urea groups is 1. The summed E-state index contributed by atoms with van der Waals surface area (Å²) >= 11 is 0. The Morgan fingerprint density at radius 3 is 2.07 bits per heavy atom. The molecule has 0 aromatic rings. The van der Waals surface area contributed by atoms with E-state index in [4.69, 9.17) is 0 Å². The van der Waals surface area contributed by atoms with Gasteiger partial charge in [0.1, 0.15) is 0 Å². The molecule has 1 aliphatic heterocycles. The molecule has 0 radical (unpaired) electrons. The van der Waals surface area contributed by atoms with Crippen LogP contribution in [0.25, 0.3) is 0 Å². The van der Waals surface area contributed by atoms with E-state index in [-0.39, 0.29) is 6.04 Å². The highest BCUT2D eigenvalue weighted by Gasteiger charge is 2.45. The summed E-state index contributed by atoms with van der Waals surface area (Å²) in [5, 5.41) is 0. The average Bonchev–Trinajstić information content (AvgIpc) is 2.45. The van der Waals surface area contributed by atoms with E-state index >= 15 is 0 Å². The van der Waals surface area contributed by atoms with Crippen molar-refractivity contribution in [3.8, 4) is 0 Å². The molecule has 0 aromatic heterocycles. The van der Waals surface area contributed by atoms with E-state index in [0.717, 1.165) is 41.9 Å². The van der Waals surface area contributed by atoms with Gasteiger partial charge in [0.15, 0.2) is 0 Å². The lowest BCUT2D eigenvalue weighted by Gasteiger charge is -2.28. The zero-order valence-corrected chi connectivity index (χ0v) is 8.73. The Kier molecular flexibility index (Phi) is 2.46. The number of likely N-dealkylation sites (N-methyl/N-ethyl adjacent to an activating group) is 1. The third-order valence-electron chi connectivity index (χ3n) is 3.14. The quantitative estimate of drug-likeness (QED) is 0.473. The van der Waals surface area contributed by atoms with Crippen LogP contribution in [-0.2, 0) is 9.59 Å². The molecule has 0 spiro atoms. The van der Waals surface area contributed by atoms with Crippen LogP contribution < -0.4 is 0 Å². The Labute approximate surface area is 88.0 Å². The number of carbonyl (C=O) groups excluding carboxylic acids is 3. The van der Waals surface area contributed by atoms with Crippen molar-refractivity contribution in [1.82, 2.24) is 9.80 Å². The van der Waals surface area contributed by atoms with Crippen molar-refractivity contribution >= 4 is 17.8 Å². The fourth-order valence-corrected chi connectivity index (χ4v) is 2.24. The molecule has 2 aliphatic rings. The number of hydrogen-bond donors (Lipinski definition) is 0. The first-order valence-electron chi connectivity index (χ1n) is 5.28. The number of nitrogens with zero attached hydrogens (tertiary/aromatic N) is 2. The molecular formula is C10H14N2O3. The maximum absolute atomic E-state index is 11.6. The van der Waals surface area contributed by atoms with Gasteiger partial charge in [-0.2, -0.15) is 0 Å². The maximum Gasteiger partial charge on any atom is 0.334 e. The fraction of sp³-hybridized carbons (Fsp3) is 0.700. The Morgan fingerprint density at radius 1 is 1.00 bits per heavy atom. The van der Waals surface area contributed by atoms with Gasteiger partial charge in [-0.25, -0.2) is 4.79 Å². The van der Waals surface area contributed by atoms with E-state index in [1.165, 1.54) is 7.05 Å². The van der Waals surface area contributed by atoms with Crippen LogP contribution in [0.3, 0.4) is 0 Å². The summed E-state index contributed by atoms with van der Waals surface area (Å²) in [5.41, 5.74) is 0. The number of imide groups is 2. The summed E-state index contributed by atoms with van der Waals surface area (Å²) in [6, 6.07) is -0.524. The van der Waals surface area contributed by atoms with Crippen molar-refractivity contribution in [3.63, 3.8) is 0 Å². The van der Waals surface area contributed by atoms with Crippen LogP contribution in [-0.4, -0.2) is 40.7 Å². The minimum Gasteiger partial charge on any atom is -0.263 e. The van der Waals surface area contributed by atoms with Crippen molar-refractivity contribution < 1.29 is 14.4 Å². The van der Waals surface area contributed by atoms with Gasteiger partial charge < -0.3 is 0 Å². The summed E-state index contributed by atoms with van der Waals surface area (Å²) in [7, 11) is 1.35. The van der Waals surface area contributed by atoms with Crippen LogP contribution in [0.2, 0.25) is 0 Å². The Bertz CT molecular complexity index is 321. The minimum atomic E-state index is -0.703. The number of amides is 4. The highest BCUT2D eigenvalue weighted by molar-refractivity contribution is 6.44. The van der Waals surface area contributed by atoms with Gasteiger partial charge >= 0.3 is 17.8 Å². The zero-order chi connectivity index (χ0) is 11.0. The molecule has 15 heavy (non-hydrogen) atoms. The first-order valence-corrected chi connectivity index (χ1v) is 5.28. The molecule has 2 fully saturated rings. The molecule has 0 N–H and O–H groups in total. The molecule has 2 rings (SSSR count). The van der Waals surface area contributed by atoms with Crippen molar-refractivity contribution in [2.75, 3.05) is 7.05 Å². The first kappa shape index (κ1) is 10.1. The van der Waals surface area contributed by atoms with E-state index < -0.39 is 17.8 Å². The third kappa shape index (κ3) is 1.52. The zero-order valence-electron chi connectivity index (χ0n) is 8.73. The third-order valence-corrected chi connectivity index (χ3v) is 3.14. The molecule has 82 valence electrons. The summed E-state index contributed by atoms with van der Waals surface area (Å²) in [4.78, 5) is 36.5. The maximum atomic E-state index is 11.6. The lowest BCUT2D eigenvalue weighted by Crippen LogP contribution is -2.41. The summed E-state index contributed by atoms with van der Waals surface area (Å²) in [5.74, 6) is -1.36. The Hall–Kier alpha value is -1.39. The van der Waals surface area contributed by atoms with E-state index in [9.17, 15) is 14.4 Å². The van der Waals surface area contributed by atoms with Gasteiger partial charge in [-0.3, -0.25) is 19.4 Å². The summed E-state index contributed by atoms with van der Waals surface area (Å²) < 4.78 is 0. The lowest BCUT2D eigenvalue weighted by atomic mass is 9.94. The molecule has 1 aliphatic carbocycles. The van der Waals surface area contributed by atoms with E-state index in [1.807, 2.05) is 0 Å². The van der Waals surface area contributed by atoms with Crippen LogP contribution >= 0.6 is 0 Å². The predicted octanol–water partition coefficient (Wildman–Crippen LogP) is 0.740. The van der Waals surface area contributed by atoms with Crippen molar-refractivity contribution in [3.05, 3.63) is 0 Å². The number of rotatable bonds is 1. The number of hydrogen-bond acceptors (Lipinski definition) is 3. The molecule has 1 heterocycles. The molecule has 0 bridgehead atoms. The van der Waals surface area contributed by atoms with E-state index in [1.54, 1.807) is 0 Å². The van der Waals surface area contributed by atoms with Gasteiger partial charge in [-0.05, 0) is 12.8 Å². The van der Waals surface area contributed by atoms with E-state index in [2.05, 4.69) is 0 Å². The molecule has 0 unspecified atom stereocenters. The summed E-state index contributed by atoms with van der Waals surface area (Å²) in [6.45, 7) is 0. The van der Waals surface area contributed by atoms with Crippen molar-refractivity contribution in [2.45, 2.75) is 38.1 Å². The van der Waals surface area contributed by atoms with Gasteiger partial charge in [0.25, 0.3) is 0 Å². The smallest absolute Gasteiger partial charge is 0.263 e. The second-order valence-electron chi connectivity index (χ2n) is 4.11. The van der Waals surface area contributed by atoms with Crippen LogP contribution in [0.5, 0.6) is 0 Å². The Balaban J connectivity index is 2.17. The second-order valence-corrected chi connectivity index (χ2v) is 4.11. The molecule has 1 saturated carbocycles. The van der Waals surface area contributed by atoms with Crippen LogP contribution in [0.4, 0.5) is 4.79 Å². The molecule has 4 amide bonds. The Morgan fingerprint density at radius 2 is 1.60 bits per heavy atom. The van der Waals surface area contributed by atoms with Gasteiger partial charge in [-0.15, -0.1) is 0 Å². The van der Waals surface area contributed by atoms with Gasteiger partial charge in [0.05, 0.1) is 0 Å². The van der Waals surface area contributed by atoms with Gasteiger partial charge in [-0.1, -0.05) is 19.3 Å². The standard InChI is InChI=1S/C10H14N2O3/c1-11-8(13)9(14)12(10(11)15)7-5-3-2-4-6-7/h7H,2-6H2,1H3. The van der Waals surface area contributed by atoms with Crippen LogP contribution in [0.1, 0.15) is 32.1 Å². The SMILES string of the molecule is CN1C(=O)C(=O)N(C2CCCCC2)C1=O. The molecule has 0 atom stereocenters. The molecule has 5 nitrogen and oxygen atoms in total. The number of carbonyl (C=O) groups is 3. The first-order chi connectivity index (χ1) is 7.13. The largest absolute Gasteiger partial charge is 0.334 e. The molecule has 0 aromatic carbocycles. The highest BCUT2D eigenvalue weighted by atomic mass is 16.2. The highest BCUT2D eigenvalue weighted by Crippen LogP contribution is 2.26. The average molecular weight is 210 g/mol. The fourth-order valence-electron chi connectivity index (χ4n) is 2.24. The lowest BCUT2D eigenvalue weighted by molar-refractivity contribution is -0.143. The monoisotopic (exact) mass is 210 g/mol. The van der Waals surface area contributed by atoms with E-state index in [0.29, 0.717) is 0 Å². The normalized spacial score (nSPS) is 24.2. The molecule has 1 saturated heterocycles. The van der Waals surface area contributed by atoms with Gasteiger partial charge in [0.2, 0.25) is 0 Å². The summed E-state index contributed by atoms with van der Waals surface area (Å²) in [6.07, 6.45) is 4.87. The van der Waals surface area contributed by atoms with Crippen molar-refractivity contribution in [2.24, 2.45) is 0 Å². The topological polar surface area (TPSA) is 57.7 Å². The molecule has 5 heteroatoms. The van der Waals surface area contributed by atoms with Gasteiger partial charge in [0, 0.05) is 13.1 Å².